The molecule has 10 nitrogen and oxygen atoms in total. The Morgan fingerprint density at radius 2 is 2.15 bits per heavy atom. The molecular formula is C17H25N7O3. The number of aromatic amines is 2. The summed E-state index contributed by atoms with van der Waals surface area (Å²) in [5.74, 6) is 0.448. The van der Waals surface area contributed by atoms with Crippen LogP contribution < -0.4 is 16.6 Å². The van der Waals surface area contributed by atoms with E-state index in [-0.39, 0.29) is 17.4 Å². The molecule has 1 unspecified atom stereocenters. The lowest BCUT2D eigenvalue weighted by atomic mass is 10.2. The molecule has 0 aromatic carbocycles. The molecule has 3 heterocycles. The predicted molar refractivity (Wildman–Crippen MR) is 102 cm³/mol. The lowest BCUT2D eigenvalue weighted by Gasteiger charge is -2.08. The Kier molecular flexibility index (Phi) is 5.75. The third-order valence-electron chi connectivity index (χ3n) is 4.47. The fourth-order valence-corrected chi connectivity index (χ4v) is 2.98. The monoisotopic (exact) mass is 375 g/mol. The van der Waals surface area contributed by atoms with Crippen LogP contribution in [0.25, 0.3) is 11.2 Å². The number of aliphatic hydroxyl groups is 1. The highest BCUT2D eigenvalue weighted by Gasteiger charge is 2.15. The van der Waals surface area contributed by atoms with Gasteiger partial charge in [0.05, 0.1) is 12.4 Å². The number of unbranched alkanes of at least 4 members (excludes halogenated alkanes) is 1. The highest BCUT2D eigenvalue weighted by Crippen LogP contribution is 2.09. The topological polar surface area (TPSA) is 134 Å². The number of aliphatic hydroxyl groups excluding tert-OH is 1. The number of fused-ring (bicyclic) bond motifs is 1. The molecule has 0 aliphatic carbocycles. The van der Waals surface area contributed by atoms with Gasteiger partial charge in [-0.05, 0) is 26.2 Å². The Hall–Kier alpha value is -2.88. The van der Waals surface area contributed by atoms with Crippen molar-refractivity contribution in [1.29, 1.82) is 0 Å². The molecule has 27 heavy (non-hydrogen) atoms. The van der Waals surface area contributed by atoms with Crippen LogP contribution in [-0.2, 0) is 20.0 Å². The summed E-state index contributed by atoms with van der Waals surface area (Å²) in [6.45, 7) is 2.64. The van der Waals surface area contributed by atoms with Gasteiger partial charge < -0.3 is 20.4 Å². The Morgan fingerprint density at radius 1 is 1.33 bits per heavy atom. The number of hydrogen-bond donors (Lipinski definition) is 4. The van der Waals surface area contributed by atoms with Crippen molar-refractivity contribution in [1.82, 2.24) is 29.1 Å². The van der Waals surface area contributed by atoms with Crippen molar-refractivity contribution in [3.8, 4) is 0 Å². The number of H-pyrrole nitrogens is 2. The SMILES string of the molecule is CC(O)CCCCn1c(=O)c2[nH]c(NCCc3cnc[nH]3)nc2n(C)c1=O. The second-order valence-electron chi connectivity index (χ2n) is 6.68. The first-order valence-corrected chi connectivity index (χ1v) is 9.06. The molecule has 3 aromatic heterocycles. The summed E-state index contributed by atoms with van der Waals surface area (Å²) >= 11 is 0. The lowest BCUT2D eigenvalue weighted by molar-refractivity contribution is 0.180. The van der Waals surface area contributed by atoms with E-state index < -0.39 is 0 Å². The van der Waals surface area contributed by atoms with Crippen LogP contribution in [-0.4, -0.2) is 46.8 Å². The lowest BCUT2D eigenvalue weighted by Crippen LogP contribution is -2.39. The average molecular weight is 375 g/mol. The van der Waals surface area contributed by atoms with Gasteiger partial charge >= 0.3 is 5.69 Å². The van der Waals surface area contributed by atoms with Crippen LogP contribution in [0.2, 0.25) is 0 Å². The van der Waals surface area contributed by atoms with Crippen LogP contribution in [0.1, 0.15) is 31.9 Å². The van der Waals surface area contributed by atoms with Gasteiger partial charge in [-0.2, -0.15) is 4.98 Å². The zero-order valence-corrected chi connectivity index (χ0v) is 15.5. The van der Waals surface area contributed by atoms with Crippen molar-refractivity contribution in [3.05, 3.63) is 39.1 Å². The Labute approximate surface area is 155 Å². The largest absolute Gasteiger partial charge is 0.393 e. The molecule has 1 atom stereocenters. The average Bonchev–Trinajstić information content (AvgIpc) is 3.29. The fraction of sp³-hybridized carbons (Fsp3) is 0.529. The van der Waals surface area contributed by atoms with Gasteiger partial charge in [-0.3, -0.25) is 13.9 Å². The first-order chi connectivity index (χ1) is 13.0. The van der Waals surface area contributed by atoms with E-state index in [1.54, 1.807) is 26.5 Å². The van der Waals surface area contributed by atoms with Gasteiger partial charge in [0.2, 0.25) is 5.95 Å². The molecule has 0 aliphatic rings. The first-order valence-electron chi connectivity index (χ1n) is 9.06. The number of anilines is 1. The van der Waals surface area contributed by atoms with Crippen LogP contribution in [0.3, 0.4) is 0 Å². The van der Waals surface area contributed by atoms with E-state index in [0.29, 0.717) is 43.0 Å². The zero-order chi connectivity index (χ0) is 19.4. The van der Waals surface area contributed by atoms with E-state index in [1.807, 2.05) is 0 Å². The van der Waals surface area contributed by atoms with E-state index >= 15 is 0 Å². The zero-order valence-electron chi connectivity index (χ0n) is 15.5. The maximum atomic E-state index is 12.7. The van der Waals surface area contributed by atoms with Crippen molar-refractivity contribution < 1.29 is 5.11 Å². The summed E-state index contributed by atoms with van der Waals surface area (Å²) in [7, 11) is 1.60. The maximum Gasteiger partial charge on any atom is 0.332 e. The van der Waals surface area contributed by atoms with E-state index in [0.717, 1.165) is 18.5 Å². The molecule has 0 radical (unpaired) electrons. The standard InChI is InChI=1S/C17H25N7O3/c1-11(25)5-3-4-8-24-15(26)13-14(23(2)17(24)27)22-16(21-13)19-7-6-12-9-18-10-20-12/h9-11,25H,3-8H2,1-2H3,(H,18,20)(H2,19,21,22). The molecule has 4 N–H and O–H groups in total. The van der Waals surface area contributed by atoms with Crippen molar-refractivity contribution in [2.24, 2.45) is 7.05 Å². The Balaban J connectivity index is 1.76. The second kappa shape index (κ2) is 8.21. The molecular weight excluding hydrogens is 350 g/mol. The van der Waals surface area contributed by atoms with Gasteiger partial charge in [0.15, 0.2) is 11.2 Å². The van der Waals surface area contributed by atoms with Gasteiger partial charge in [-0.1, -0.05) is 0 Å². The molecule has 146 valence electrons. The normalized spacial score (nSPS) is 12.6. The number of nitrogens with zero attached hydrogens (tertiary/aromatic N) is 4. The molecule has 0 amide bonds. The van der Waals surface area contributed by atoms with Crippen molar-refractivity contribution >= 4 is 17.1 Å². The highest BCUT2D eigenvalue weighted by molar-refractivity contribution is 5.72. The van der Waals surface area contributed by atoms with Gasteiger partial charge in [0.1, 0.15) is 0 Å². The summed E-state index contributed by atoms with van der Waals surface area (Å²) in [4.78, 5) is 39.5. The Morgan fingerprint density at radius 3 is 2.85 bits per heavy atom. The highest BCUT2D eigenvalue weighted by atomic mass is 16.3. The van der Waals surface area contributed by atoms with E-state index in [4.69, 9.17) is 0 Å². The minimum Gasteiger partial charge on any atom is -0.393 e. The third-order valence-corrected chi connectivity index (χ3v) is 4.47. The Bertz CT molecular complexity index is 998. The van der Waals surface area contributed by atoms with E-state index in [2.05, 4.69) is 25.3 Å². The van der Waals surface area contributed by atoms with Crippen LogP contribution in [0.4, 0.5) is 5.95 Å². The number of hydrogen-bond acceptors (Lipinski definition) is 6. The van der Waals surface area contributed by atoms with Crippen molar-refractivity contribution in [2.45, 2.75) is 45.3 Å². The van der Waals surface area contributed by atoms with E-state index in [1.165, 1.54) is 9.13 Å². The molecule has 3 rings (SSSR count). The van der Waals surface area contributed by atoms with Crippen LogP contribution in [0, 0.1) is 0 Å². The summed E-state index contributed by atoms with van der Waals surface area (Å²) in [5, 5.41) is 12.4. The number of aromatic nitrogens is 6. The molecule has 10 heteroatoms. The second-order valence-corrected chi connectivity index (χ2v) is 6.68. The molecule has 0 spiro atoms. The summed E-state index contributed by atoms with van der Waals surface area (Å²) in [6.07, 6.45) is 5.75. The molecule has 0 aliphatic heterocycles. The van der Waals surface area contributed by atoms with Crippen LogP contribution in [0.5, 0.6) is 0 Å². The summed E-state index contributed by atoms with van der Waals surface area (Å²) in [5.41, 5.74) is 0.857. The van der Waals surface area contributed by atoms with Crippen molar-refractivity contribution in [2.75, 3.05) is 11.9 Å². The van der Waals surface area contributed by atoms with Gasteiger partial charge in [0, 0.05) is 38.4 Å². The van der Waals surface area contributed by atoms with Crippen LogP contribution in [0.15, 0.2) is 22.1 Å². The van der Waals surface area contributed by atoms with Gasteiger partial charge in [-0.15, -0.1) is 0 Å². The summed E-state index contributed by atoms with van der Waals surface area (Å²) in [6, 6.07) is 0. The first kappa shape index (κ1) is 18.9. The minimum absolute atomic E-state index is 0.302. The molecule has 0 saturated carbocycles. The molecule has 0 bridgehead atoms. The third kappa shape index (κ3) is 4.27. The maximum absolute atomic E-state index is 12.7. The number of imidazole rings is 2. The van der Waals surface area contributed by atoms with Gasteiger partial charge in [-0.25, -0.2) is 9.78 Å². The smallest absolute Gasteiger partial charge is 0.332 e. The number of nitrogens with one attached hydrogen (secondary N) is 3. The van der Waals surface area contributed by atoms with Crippen LogP contribution >= 0.6 is 0 Å². The van der Waals surface area contributed by atoms with E-state index in [9.17, 15) is 14.7 Å². The fourth-order valence-electron chi connectivity index (χ4n) is 2.98. The minimum atomic E-state index is -0.389. The molecule has 3 aromatic rings. The molecule has 0 fully saturated rings. The van der Waals surface area contributed by atoms with Crippen molar-refractivity contribution in [3.63, 3.8) is 0 Å². The number of aryl methyl sites for hydroxylation is 1. The predicted octanol–water partition coefficient (Wildman–Crippen LogP) is 0.352. The summed E-state index contributed by atoms with van der Waals surface area (Å²) < 4.78 is 2.60. The van der Waals surface area contributed by atoms with Gasteiger partial charge in [0.25, 0.3) is 5.56 Å². The molecule has 0 saturated heterocycles. The number of rotatable bonds is 9. The quantitative estimate of drug-likeness (QED) is 0.399.